The molecule has 0 bridgehead atoms. The Hall–Kier alpha value is -1.85. The standard InChI is InChI=1S/C19H30N4O3S/c1-6-11-19(9-4,12-7-2)22-13-10-15(25-5)23(18(22)24)16-20-21-17(27-16)26-14-8-3/h4,15H,6-8,10-14H2,1-3,5H3. The van der Waals surface area contributed by atoms with E-state index in [1.807, 2.05) is 11.8 Å². The van der Waals surface area contributed by atoms with Crippen LogP contribution in [-0.2, 0) is 4.74 Å². The third-order valence-corrected chi connectivity index (χ3v) is 5.58. The molecule has 2 rings (SSSR count). The fourth-order valence-corrected chi connectivity index (χ4v) is 4.29. The molecule has 150 valence electrons. The van der Waals surface area contributed by atoms with Crippen molar-refractivity contribution in [3.8, 4) is 17.5 Å². The van der Waals surface area contributed by atoms with Crippen LogP contribution in [0.5, 0.6) is 5.19 Å². The van der Waals surface area contributed by atoms with Gasteiger partial charge in [-0.1, -0.05) is 44.6 Å². The van der Waals surface area contributed by atoms with Gasteiger partial charge in [-0.2, -0.15) is 0 Å². The Balaban J connectivity index is 2.33. The van der Waals surface area contributed by atoms with Gasteiger partial charge < -0.3 is 14.4 Å². The minimum Gasteiger partial charge on any atom is -0.469 e. The first kappa shape index (κ1) is 21.5. The summed E-state index contributed by atoms with van der Waals surface area (Å²) in [5, 5.41) is 9.15. The number of nitrogens with zero attached hydrogens (tertiary/aromatic N) is 4. The molecule has 0 spiro atoms. The number of amides is 2. The maximum absolute atomic E-state index is 13.4. The first-order valence-electron chi connectivity index (χ1n) is 9.64. The van der Waals surface area contributed by atoms with E-state index >= 15 is 0 Å². The van der Waals surface area contributed by atoms with Gasteiger partial charge in [0.1, 0.15) is 11.8 Å². The molecule has 2 amide bonds. The average Bonchev–Trinajstić information content (AvgIpc) is 3.14. The number of aromatic nitrogens is 2. The van der Waals surface area contributed by atoms with Gasteiger partial charge in [0, 0.05) is 20.1 Å². The summed E-state index contributed by atoms with van der Waals surface area (Å²) < 4.78 is 11.1. The lowest BCUT2D eigenvalue weighted by Crippen LogP contribution is -2.62. The van der Waals surface area contributed by atoms with Crippen LogP contribution in [0.4, 0.5) is 9.93 Å². The zero-order valence-corrected chi connectivity index (χ0v) is 17.5. The van der Waals surface area contributed by atoms with Crippen LogP contribution in [0.3, 0.4) is 0 Å². The smallest absolute Gasteiger partial charge is 0.329 e. The third-order valence-electron chi connectivity index (χ3n) is 4.74. The summed E-state index contributed by atoms with van der Waals surface area (Å²) in [7, 11) is 1.60. The van der Waals surface area contributed by atoms with E-state index in [0.29, 0.717) is 29.9 Å². The largest absolute Gasteiger partial charge is 0.469 e. The fraction of sp³-hybridized carbons (Fsp3) is 0.737. The molecule has 0 saturated carbocycles. The molecule has 1 aromatic heterocycles. The number of terminal acetylenes is 1. The van der Waals surface area contributed by atoms with Crippen LogP contribution < -0.4 is 9.64 Å². The molecule has 0 radical (unpaired) electrons. The van der Waals surface area contributed by atoms with Gasteiger partial charge in [0.25, 0.3) is 5.19 Å². The number of anilines is 1. The van der Waals surface area contributed by atoms with Crippen LogP contribution in [0.15, 0.2) is 0 Å². The molecule has 2 heterocycles. The van der Waals surface area contributed by atoms with E-state index in [0.717, 1.165) is 32.1 Å². The van der Waals surface area contributed by atoms with E-state index in [-0.39, 0.29) is 12.3 Å². The molecule has 27 heavy (non-hydrogen) atoms. The molecule has 1 fully saturated rings. The fourth-order valence-electron chi connectivity index (χ4n) is 3.53. The molecule has 0 N–H and O–H groups in total. The zero-order valence-electron chi connectivity index (χ0n) is 16.7. The number of urea groups is 1. The quantitative estimate of drug-likeness (QED) is 0.563. The van der Waals surface area contributed by atoms with E-state index in [1.54, 1.807) is 12.0 Å². The summed E-state index contributed by atoms with van der Waals surface area (Å²) in [4.78, 5) is 16.8. The van der Waals surface area contributed by atoms with Crippen molar-refractivity contribution in [3.05, 3.63) is 0 Å². The van der Waals surface area contributed by atoms with Crippen molar-refractivity contribution >= 4 is 22.5 Å². The second-order valence-corrected chi connectivity index (χ2v) is 7.58. The van der Waals surface area contributed by atoms with Crippen molar-refractivity contribution in [1.29, 1.82) is 0 Å². The minimum absolute atomic E-state index is 0.175. The molecular weight excluding hydrogens is 364 g/mol. The van der Waals surface area contributed by atoms with Gasteiger partial charge in [-0.15, -0.1) is 11.5 Å². The average molecular weight is 395 g/mol. The Morgan fingerprint density at radius 1 is 1.26 bits per heavy atom. The third kappa shape index (κ3) is 4.53. The maximum Gasteiger partial charge on any atom is 0.329 e. The second kappa shape index (κ2) is 9.90. The van der Waals surface area contributed by atoms with Gasteiger partial charge in [-0.3, -0.25) is 0 Å². The van der Waals surface area contributed by atoms with Crippen molar-refractivity contribution in [3.63, 3.8) is 0 Å². The molecule has 1 aromatic rings. The van der Waals surface area contributed by atoms with Crippen molar-refractivity contribution in [2.24, 2.45) is 0 Å². The summed E-state index contributed by atoms with van der Waals surface area (Å²) in [5.41, 5.74) is -0.580. The number of ether oxygens (including phenoxy) is 2. The molecule has 7 nitrogen and oxygen atoms in total. The van der Waals surface area contributed by atoms with Gasteiger partial charge in [-0.25, -0.2) is 9.69 Å². The predicted octanol–water partition coefficient (Wildman–Crippen LogP) is 3.90. The molecule has 1 aliphatic rings. The van der Waals surface area contributed by atoms with Crippen LogP contribution in [-0.4, -0.2) is 53.2 Å². The van der Waals surface area contributed by atoms with Crippen LogP contribution >= 0.6 is 11.3 Å². The number of carbonyl (C=O) groups excluding carboxylic acids is 1. The highest BCUT2D eigenvalue weighted by atomic mass is 32.1. The molecule has 8 heteroatoms. The summed E-state index contributed by atoms with van der Waals surface area (Å²) in [6.45, 7) is 7.34. The predicted molar refractivity (Wildman–Crippen MR) is 107 cm³/mol. The van der Waals surface area contributed by atoms with Crippen LogP contribution in [0.25, 0.3) is 0 Å². The Morgan fingerprint density at radius 3 is 2.52 bits per heavy atom. The molecule has 1 aliphatic heterocycles. The van der Waals surface area contributed by atoms with Crippen molar-refractivity contribution in [1.82, 2.24) is 15.1 Å². The van der Waals surface area contributed by atoms with Gasteiger partial charge in [0.2, 0.25) is 5.13 Å². The van der Waals surface area contributed by atoms with E-state index in [2.05, 4.69) is 30.0 Å². The Labute approximate surface area is 166 Å². The first-order valence-corrected chi connectivity index (χ1v) is 10.5. The van der Waals surface area contributed by atoms with Crippen molar-refractivity contribution in [2.45, 2.75) is 71.1 Å². The van der Waals surface area contributed by atoms with Gasteiger partial charge in [-0.05, 0) is 30.6 Å². The molecule has 0 aromatic carbocycles. The van der Waals surface area contributed by atoms with Gasteiger partial charge >= 0.3 is 6.03 Å². The maximum atomic E-state index is 13.4. The van der Waals surface area contributed by atoms with Crippen molar-refractivity contribution in [2.75, 3.05) is 25.2 Å². The summed E-state index contributed by atoms with van der Waals surface area (Å²) >= 11 is 1.25. The molecular formula is C19H30N4O3S. The van der Waals surface area contributed by atoms with E-state index in [9.17, 15) is 4.79 Å². The summed E-state index contributed by atoms with van der Waals surface area (Å²) in [6, 6.07) is -0.175. The normalized spacial score (nSPS) is 17.9. The number of hydrogen-bond donors (Lipinski definition) is 0. The topological polar surface area (TPSA) is 67.8 Å². The Morgan fingerprint density at radius 2 is 1.96 bits per heavy atom. The highest BCUT2D eigenvalue weighted by Crippen LogP contribution is 2.36. The lowest BCUT2D eigenvalue weighted by molar-refractivity contribution is 0.0430. The van der Waals surface area contributed by atoms with Crippen LogP contribution in [0.1, 0.15) is 59.3 Å². The van der Waals surface area contributed by atoms with E-state index in [4.69, 9.17) is 15.9 Å². The highest BCUT2D eigenvalue weighted by molar-refractivity contribution is 7.17. The van der Waals surface area contributed by atoms with Crippen molar-refractivity contribution < 1.29 is 14.3 Å². The zero-order chi connectivity index (χ0) is 19.9. The molecule has 1 atom stereocenters. The Kier molecular flexibility index (Phi) is 7.87. The minimum atomic E-state index is -0.580. The molecule has 1 saturated heterocycles. The monoisotopic (exact) mass is 394 g/mol. The highest BCUT2D eigenvalue weighted by Gasteiger charge is 2.45. The number of hydrogen-bond acceptors (Lipinski definition) is 6. The van der Waals surface area contributed by atoms with Gasteiger partial charge in [0.05, 0.1) is 6.61 Å². The lowest BCUT2D eigenvalue weighted by Gasteiger charge is -2.47. The van der Waals surface area contributed by atoms with Crippen LogP contribution in [0, 0.1) is 12.3 Å². The lowest BCUT2D eigenvalue weighted by atomic mass is 9.87. The van der Waals surface area contributed by atoms with E-state index < -0.39 is 5.54 Å². The SMILES string of the molecule is C#CC(CCC)(CCC)N1CCC(OC)N(c2nnc(OCCC)s2)C1=O. The van der Waals surface area contributed by atoms with Crippen LogP contribution in [0.2, 0.25) is 0 Å². The summed E-state index contributed by atoms with van der Waals surface area (Å²) in [5.74, 6) is 2.94. The Bertz CT molecular complexity index is 652. The molecule has 0 aliphatic carbocycles. The number of carbonyl (C=O) groups is 1. The van der Waals surface area contributed by atoms with Gasteiger partial charge in [0.15, 0.2) is 0 Å². The number of methoxy groups -OCH3 is 1. The molecule has 1 unspecified atom stereocenters. The number of rotatable bonds is 10. The van der Waals surface area contributed by atoms with E-state index in [1.165, 1.54) is 11.3 Å². The first-order chi connectivity index (χ1) is 13.1. The second-order valence-electron chi connectivity index (χ2n) is 6.66. The summed E-state index contributed by atoms with van der Waals surface area (Å²) in [6.07, 6.45) is 10.5.